The summed E-state index contributed by atoms with van der Waals surface area (Å²) < 4.78 is 45.8. The van der Waals surface area contributed by atoms with Crippen molar-refractivity contribution < 1.29 is 31.9 Å². The van der Waals surface area contributed by atoms with E-state index < -0.39 is 23.9 Å². The monoisotopic (exact) mass is 464 g/mol. The van der Waals surface area contributed by atoms with Gasteiger partial charge in [-0.1, -0.05) is 0 Å². The Morgan fingerprint density at radius 2 is 1.88 bits per heavy atom. The van der Waals surface area contributed by atoms with Crippen molar-refractivity contribution in [3.05, 3.63) is 53.0 Å². The van der Waals surface area contributed by atoms with Crippen LogP contribution in [0.5, 0.6) is 5.75 Å². The van der Waals surface area contributed by atoms with Gasteiger partial charge in [0.05, 0.1) is 5.52 Å². The number of benzene rings is 2. The van der Waals surface area contributed by atoms with Crippen molar-refractivity contribution >= 4 is 34.3 Å². The minimum atomic E-state index is -4.76. The molecule has 1 aliphatic heterocycles. The molecule has 2 N–H and O–H groups in total. The van der Waals surface area contributed by atoms with Crippen LogP contribution >= 0.6 is 0 Å². The predicted molar refractivity (Wildman–Crippen MR) is 112 cm³/mol. The van der Waals surface area contributed by atoms with E-state index in [2.05, 4.69) is 15.0 Å². The number of H-pyrrole nitrogens is 1. The first-order chi connectivity index (χ1) is 15.6. The molecule has 0 aliphatic carbocycles. The number of hydrogen-bond donors (Lipinski definition) is 2. The number of ether oxygens (including phenoxy) is 1. The van der Waals surface area contributed by atoms with Crippen LogP contribution in [0.2, 0.25) is 0 Å². The second-order valence-electron chi connectivity index (χ2n) is 7.51. The minimum absolute atomic E-state index is 0.185. The second-order valence-corrected chi connectivity index (χ2v) is 7.51. The number of anilines is 2. The van der Waals surface area contributed by atoms with Gasteiger partial charge in [-0.15, -0.1) is 13.2 Å². The van der Waals surface area contributed by atoms with Gasteiger partial charge in [-0.25, -0.2) is 4.79 Å². The molecular formula is C21H19F3N4O5. The van der Waals surface area contributed by atoms with Crippen molar-refractivity contribution in [2.45, 2.75) is 19.3 Å². The van der Waals surface area contributed by atoms with Crippen molar-refractivity contribution in [2.24, 2.45) is 0 Å². The van der Waals surface area contributed by atoms with Crippen LogP contribution < -0.4 is 20.7 Å². The van der Waals surface area contributed by atoms with Crippen LogP contribution in [0.3, 0.4) is 0 Å². The Labute approximate surface area is 184 Å². The Bertz CT molecular complexity index is 1240. The largest absolute Gasteiger partial charge is 0.573 e. The number of amides is 2. The van der Waals surface area contributed by atoms with Crippen LogP contribution in [0.25, 0.3) is 11.1 Å². The minimum Gasteiger partial charge on any atom is -0.408 e. The van der Waals surface area contributed by atoms with Crippen molar-refractivity contribution in [3.8, 4) is 5.75 Å². The highest BCUT2D eigenvalue weighted by molar-refractivity contribution is 6.39. The van der Waals surface area contributed by atoms with Gasteiger partial charge in [-0.3, -0.25) is 14.6 Å². The van der Waals surface area contributed by atoms with Gasteiger partial charge in [-0.2, -0.15) is 0 Å². The summed E-state index contributed by atoms with van der Waals surface area (Å²) in [6, 6.07) is 9.81. The van der Waals surface area contributed by atoms with E-state index in [1.54, 1.807) is 6.07 Å². The molecule has 3 aromatic rings. The molecule has 2 aromatic carbocycles. The van der Waals surface area contributed by atoms with E-state index in [1.807, 2.05) is 11.8 Å². The molecule has 33 heavy (non-hydrogen) atoms. The zero-order chi connectivity index (χ0) is 23.8. The summed E-state index contributed by atoms with van der Waals surface area (Å²) in [5.74, 6) is -2.49. The first-order valence-corrected chi connectivity index (χ1v) is 9.94. The van der Waals surface area contributed by atoms with Crippen LogP contribution in [0, 0.1) is 0 Å². The van der Waals surface area contributed by atoms with Crippen molar-refractivity contribution in [2.75, 3.05) is 29.9 Å². The molecule has 0 unspecified atom stereocenters. The van der Waals surface area contributed by atoms with Gasteiger partial charge in [0.2, 0.25) is 0 Å². The Morgan fingerprint density at radius 1 is 1.15 bits per heavy atom. The maximum atomic E-state index is 12.6. The van der Waals surface area contributed by atoms with Gasteiger partial charge >= 0.3 is 23.9 Å². The van der Waals surface area contributed by atoms with Gasteiger partial charge < -0.3 is 24.3 Å². The summed E-state index contributed by atoms with van der Waals surface area (Å²) in [4.78, 5) is 42.1. The topological polar surface area (TPSA) is 108 Å². The number of carbonyl (C=O) groups excluding carboxylic acids is 2. The summed E-state index contributed by atoms with van der Waals surface area (Å²) in [6.45, 7) is 2.74. The Kier molecular flexibility index (Phi) is 5.75. The van der Waals surface area contributed by atoms with E-state index in [9.17, 15) is 27.6 Å². The lowest BCUT2D eigenvalue weighted by atomic mass is 10.1. The molecule has 0 radical (unpaired) electrons. The zero-order valence-electron chi connectivity index (χ0n) is 17.3. The third-order valence-corrected chi connectivity index (χ3v) is 5.19. The van der Waals surface area contributed by atoms with Gasteiger partial charge in [0, 0.05) is 43.1 Å². The highest BCUT2D eigenvalue weighted by Gasteiger charge is 2.32. The quantitative estimate of drug-likeness (QED) is 0.578. The Hall–Kier alpha value is -3.96. The molecule has 1 fully saturated rings. The maximum Gasteiger partial charge on any atom is 0.573 e. The number of aromatic nitrogens is 1. The van der Waals surface area contributed by atoms with Crippen molar-refractivity contribution in [1.29, 1.82) is 0 Å². The van der Waals surface area contributed by atoms with E-state index in [0.29, 0.717) is 23.4 Å². The van der Waals surface area contributed by atoms with Crippen LogP contribution in [-0.4, -0.2) is 53.7 Å². The molecule has 0 bridgehead atoms. The van der Waals surface area contributed by atoms with Crippen LogP contribution in [0.1, 0.15) is 6.92 Å². The maximum absolute atomic E-state index is 12.6. The highest BCUT2D eigenvalue weighted by atomic mass is 19.4. The molecule has 2 heterocycles. The number of nitrogens with zero attached hydrogens (tertiary/aromatic N) is 2. The fourth-order valence-electron chi connectivity index (χ4n) is 3.72. The fourth-order valence-corrected chi connectivity index (χ4v) is 3.72. The Morgan fingerprint density at radius 3 is 2.55 bits per heavy atom. The van der Waals surface area contributed by atoms with Crippen molar-refractivity contribution in [3.63, 3.8) is 0 Å². The van der Waals surface area contributed by atoms with Crippen LogP contribution in [0.4, 0.5) is 24.5 Å². The molecule has 1 saturated heterocycles. The third-order valence-electron chi connectivity index (χ3n) is 5.19. The number of oxazole rings is 1. The van der Waals surface area contributed by atoms with E-state index in [-0.39, 0.29) is 30.5 Å². The van der Waals surface area contributed by atoms with E-state index in [1.165, 1.54) is 41.3 Å². The molecule has 0 saturated carbocycles. The molecule has 0 spiro atoms. The average molecular weight is 464 g/mol. The van der Waals surface area contributed by atoms with Crippen LogP contribution in [0.15, 0.2) is 51.7 Å². The van der Waals surface area contributed by atoms with Gasteiger partial charge in [0.25, 0.3) is 0 Å². The summed E-state index contributed by atoms with van der Waals surface area (Å²) in [7, 11) is 0. The number of alkyl halides is 3. The molecule has 174 valence electrons. The number of hydrogen-bond acceptors (Lipinski definition) is 6. The number of halogens is 3. The second kappa shape index (κ2) is 8.52. The third kappa shape index (κ3) is 5.10. The predicted octanol–water partition coefficient (Wildman–Crippen LogP) is 2.70. The van der Waals surface area contributed by atoms with E-state index in [0.717, 1.165) is 0 Å². The lowest BCUT2D eigenvalue weighted by Crippen LogP contribution is -2.55. The number of carbonyl (C=O) groups is 2. The van der Waals surface area contributed by atoms with Gasteiger partial charge in [0.1, 0.15) is 5.75 Å². The summed E-state index contributed by atoms with van der Waals surface area (Å²) in [6.07, 6.45) is -4.76. The first kappa shape index (κ1) is 22.2. The van der Waals surface area contributed by atoms with Gasteiger partial charge in [0.15, 0.2) is 5.58 Å². The number of aromatic amines is 1. The number of piperazine rings is 1. The molecule has 1 aromatic heterocycles. The number of rotatable bonds is 3. The average Bonchev–Trinajstić information content (AvgIpc) is 3.12. The molecule has 4 rings (SSSR count). The van der Waals surface area contributed by atoms with E-state index in [4.69, 9.17) is 4.42 Å². The normalized spacial score (nSPS) is 16.7. The van der Waals surface area contributed by atoms with E-state index >= 15 is 0 Å². The SMILES string of the molecule is C[C@@H]1CN(C(=O)C(=O)Nc2ccc3[nH]c(=O)oc3c2)CCN1c1ccc(OC(F)(F)F)cc1. The van der Waals surface area contributed by atoms with Crippen LogP contribution in [-0.2, 0) is 9.59 Å². The summed E-state index contributed by atoms with van der Waals surface area (Å²) >= 11 is 0. The fraction of sp³-hybridized carbons (Fsp3) is 0.286. The highest BCUT2D eigenvalue weighted by Crippen LogP contribution is 2.27. The van der Waals surface area contributed by atoms with Gasteiger partial charge in [-0.05, 0) is 43.3 Å². The lowest BCUT2D eigenvalue weighted by molar-refractivity contribution is -0.274. The number of nitrogens with one attached hydrogen (secondary N) is 2. The lowest BCUT2D eigenvalue weighted by Gasteiger charge is -2.41. The molecule has 12 heteroatoms. The molecular weight excluding hydrogens is 445 g/mol. The summed E-state index contributed by atoms with van der Waals surface area (Å²) in [5, 5.41) is 2.50. The molecule has 1 atom stereocenters. The smallest absolute Gasteiger partial charge is 0.408 e. The first-order valence-electron chi connectivity index (χ1n) is 9.94. The summed E-state index contributed by atoms with van der Waals surface area (Å²) in [5.41, 5.74) is 1.69. The molecule has 2 amide bonds. The zero-order valence-corrected chi connectivity index (χ0v) is 17.3. The molecule has 1 aliphatic rings. The van der Waals surface area contributed by atoms with Crippen molar-refractivity contribution in [1.82, 2.24) is 9.88 Å². The molecule has 9 nitrogen and oxygen atoms in total. The standard InChI is InChI=1S/C21H19F3N4O5/c1-12-11-27(8-9-28(12)14-3-5-15(6-4-14)33-21(22,23)24)19(30)18(29)25-13-2-7-16-17(10-13)32-20(31)26-16/h2-7,10,12H,8-9,11H2,1H3,(H,25,29)(H,26,31)/t12-/m1/s1. The Balaban J connectivity index is 1.36. The number of fused-ring (bicyclic) bond motifs is 1.